The molecular weight excluding hydrogens is 386 g/mol. The minimum atomic E-state index is 0.114. The molecule has 31 heavy (non-hydrogen) atoms. The Morgan fingerprint density at radius 1 is 0.806 bits per heavy atom. The van der Waals surface area contributed by atoms with Crippen LogP contribution in [0.5, 0.6) is 5.88 Å². The SMILES string of the molecule is CC(C)(CCCCOc1cc(-c2ccccc2)cc(-c2ccccc2)n1)C1NNNN1. The van der Waals surface area contributed by atoms with Gasteiger partial charge in [-0.1, -0.05) is 74.5 Å². The molecule has 4 rings (SSSR count). The van der Waals surface area contributed by atoms with Crippen molar-refractivity contribution in [3.05, 3.63) is 72.8 Å². The average molecular weight is 418 g/mol. The molecule has 2 heterocycles. The van der Waals surface area contributed by atoms with Crippen molar-refractivity contribution in [3.8, 4) is 28.3 Å². The van der Waals surface area contributed by atoms with Crippen LogP contribution in [-0.4, -0.2) is 17.8 Å². The summed E-state index contributed by atoms with van der Waals surface area (Å²) >= 11 is 0. The molecule has 3 aromatic rings. The van der Waals surface area contributed by atoms with Crippen molar-refractivity contribution in [1.29, 1.82) is 0 Å². The van der Waals surface area contributed by atoms with Crippen LogP contribution in [0.4, 0.5) is 0 Å². The van der Waals surface area contributed by atoms with Gasteiger partial charge in [0.15, 0.2) is 0 Å². The van der Waals surface area contributed by atoms with E-state index in [2.05, 4.69) is 78.2 Å². The first-order valence-electron chi connectivity index (χ1n) is 10.9. The van der Waals surface area contributed by atoms with E-state index in [0.29, 0.717) is 12.5 Å². The fraction of sp³-hybridized carbons (Fsp3) is 0.320. The molecule has 0 spiro atoms. The molecule has 1 fully saturated rings. The quantitative estimate of drug-likeness (QED) is 0.386. The lowest BCUT2D eigenvalue weighted by Gasteiger charge is -2.30. The molecule has 0 radical (unpaired) electrons. The minimum Gasteiger partial charge on any atom is -0.478 e. The second kappa shape index (κ2) is 10.0. The third kappa shape index (κ3) is 5.68. The third-order valence-corrected chi connectivity index (χ3v) is 5.72. The fourth-order valence-corrected chi connectivity index (χ4v) is 3.78. The Morgan fingerprint density at radius 2 is 1.45 bits per heavy atom. The highest BCUT2D eigenvalue weighted by Gasteiger charge is 2.31. The minimum absolute atomic E-state index is 0.114. The number of nitrogens with zero attached hydrogens (tertiary/aromatic N) is 1. The summed E-state index contributed by atoms with van der Waals surface area (Å²) in [6.45, 7) is 5.16. The van der Waals surface area contributed by atoms with Crippen LogP contribution in [0.1, 0.15) is 33.1 Å². The Bertz CT molecular complexity index is 898. The lowest BCUT2D eigenvalue weighted by Crippen LogP contribution is -2.46. The molecule has 0 atom stereocenters. The van der Waals surface area contributed by atoms with E-state index < -0.39 is 0 Å². The van der Waals surface area contributed by atoms with Crippen LogP contribution in [0.2, 0.25) is 0 Å². The van der Waals surface area contributed by atoms with E-state index >= 15 is 0 Å². The molecule has 4 N–H and O–H groups in total. The Labute approximate surface area is 184 Å². The number of hydrazine groups is 3. The predicted octanol–water partition coefficient (Wildman–Crippen LogP) is 4.43. The number of ether oxygens (including phenoxy) is 1. The van der Waals surface area contributed by atoms with E-state index in [4.69, 9.17) is 9.72 Å². The van der Waals surface area contributed by atoms with Gasteiger partial charge in [0.05, 0.1) is 18.5 Å². The summed E-state index contributed by atoms with van der Waals surface area (Å²) in [7, 11) is 0. The Hall–Kier alpha value is -2.77. The summed E-state index contributed by atoms with van der Waals surface area (Å²) in [6.07, 6.45) is 3.33. The Kier molecular flexibility index (Phi) is 6.94. The maximum Gasteiger partial charge on any atom is 0.214 e. The van der Waals surface area contributed by atoms with E-state index in [1.807, 2.05) is 30.3 Å². The molecule has 1 aromatic heterocycles. The zero-order valence-electron chi connectivity index (χ0n) is 18.2. The van der Waals surface area contributed by atoms with E-state index in [-0.39, 0.29) is 11.6 Å². The Morgan fingerprint density at radius 3 is 2.13 bits per heavy atom. The molecule has 1 saturated heterocycles. The lowest BCUT2D eigenvalue weighted by atomic mass is 9.84. The fourth-order valence-electron chi connectivity index (χ4n) is 3.78. The van der Waals surface area contributed by atoms with Crippen LogP contribution in [0.15, 0.2) is 72.8 Å². The van der Waals surface area contributed by atoms with E-state index in [1.54, 1.807) is 0 Å². The zero-order chi connectivity index (χ0) is 21.5. The third-order valence-electron chi connectivity index (χ3n) is 5.72. The van der Waals surface area contributed by atoms with Crippen molar-refractivity contribution in [2.45, 2.75) is 39.3 Å². The number of benzene rings is 2. The number of pyridine rings is 1. The summed E-state index contributed by atoms with van der Waals surface area (Å²) in [6, 6.07) is 24.8. The van der Waals surface area contributed by atoms with Crippen LogP contribution in [0.25, 0.3) is 22.4 Å². The highest BCUT2D eigenvalue weighted by molar-refractivity contribution is 5.71. The molecule has 2 aromatic carbocycles. The predicted molar refractivity (Wildman–Crippen MR) is 125 cm³/mol. The largest absolute Gasteiger partial charge is 0.478 e. The highest BCUT2D eigenvalue weighted by Crippen LogP contribution is 2.29. The molecule has 0 unspecified atom stereocenters. The van der Waals surface area contributed by atoms with Crippen molar-refractivity contribution >= 4 is 0 Å². The van der Waals surface area contributed by atoms with Crippen molar-refractivity contribution in [2.75, 3.05) is 6.61 Å². The second-order valence-electron chi connectivity index (χ2n) is 8.58. The van der Waals surface area contributed by atoms with Gasteiger partial charge in [-0.2, -0.15) is 11.1 Å². The number of nitrogens with one attached hydrogen (secondary N) is 4. The first kappa shape index (κ1) is 21.5. The number of unbranched alkanes of at least 4 members (excludes halogenated alkanes) is 1. The van der Waals surface area contributed by atoms with Crippen molar-refractivity contribution in [2.24, 2.45) is 5.41 Å². The summed E-state index contributed by atoms with van der Waals surface area (Å²) in [5.74, 6) is 0.673. The van der Waals surface area contributed by atoms with E-state index in [0.717, 1.165) is 41.6 Å². The van der Waals surface area contributed by atoms with Gasteiger partial charge < -0.3 is 4.74 Å². The van der Waals surface area contributed by atoms with Gasteiger partial charge >= 0.3 is 0 Å². The summed E-state index contributed by atoms with van der Waals surface area (Å²) in [5, 5.41) is 0. The van der Waals surface area contributed by atoms with Crippen LogP contribution in [-0.2, 0) is 0 Å². The van der Waals surface area contributed by atoms with Crippen LogP contribution in [0.3, 0.4) is 0 Å². The molecule has 0 saturated carbocycles. The average Bonchev–Trinajstić information content (AvgIpc) is 3.36. The zero-order valence-corrected chi connectivity index (χ0v) is 18.2. The molecule has 162 valence electrons. The van der Waals surface area contributed by atoms with Crippen molar-refractivity contribution in [1.82, 2.24) is 26.9 Å². The van der Waals surface area contributed by atoms with Gasteiger partial charge in [-0.25, -0.2) is 15.8 Å². The summed E-state index contributed by atoms with van der Waals surface area (Å²) in [4.78, 5) is 4.78. The van der Waals surface area contributed by atoms with Crippen LogP contribution >= 0.6 is 0 Å². The monoisotopic (exact) mass is 417 g/mol. The van der Waals surface area contributed by atoms with Gasteiger partial charge in [0.1, 0.15) is 0 Å². The van der Waals surface area contributed by atoms with Gasteiger partial charge in [-0.3, -0.25) is 0 Å². The van der Waals surface area contributed by atoms with E-state index in [1.165, 1.54) is 0 Å². The van der Waals surface area contributed by atoms with E-state index in [9.17, 15) is 0 Å². The van der Waals surface area contributed by atoms with Gasteiger partial charge in [0.2, 0.25) is 5.88 Å². The standard InChI is InChI=1S/C25H31N5O/c1-25(2,24-27-29-30-28-24)15-9-10-16-31-23-18-21(19-11-5-3-6-12-19)17-22(26-23)20-13-7-4-8-14-20/h3-8,11-14,17-18,24,27-30H,9-10,15-16H2,1-2H3. The molecular formula is C25H31N5O. The van der Waals surface area contributed by atoms with Gasteiger partial charge in [-0.15, -0.1) is 0 Å². The normalized spacial score (nSPS) is 14.6. The van der Waals surface area contributed by atoms with Crippen LogP contribution in [0, 0.1) is 5.41 Å². The van der Waals surface area contributed by atoms with Gasteiger partial charge in [0.25, 0.3) is 0 Å². The molecule has 0 aliphatic carbocycles. The molecule has 6 heteroatoms. The number of aromatic nitrogens is 1. The molecule has 0 bridgehead atoms. The van der Waals surface area contributed by atoms with Crippen molar-refractivity contribution in [3.63, 3.8) is 0 Å². The first-order chi connectivity index (χ1) is 15.1. The number of rotatable bonds is 9. The lowest BCUT2D eigenvalue weighted by molar-refractivity contribution is 0.201. The molecule has 6 nitrogen and oxygen atoms in total. The number of hydrogen-bond donors (Lipinski definition) is 4. The maximum atomic E-state index is 6.10. The van der Waals surface area contributed by atoms with Gasteiger partial charge in [-0.05, 0) is 41.9 Å². The number of hydrogen-bond acceptors (Lipinski definition) is 6. The Balaban J connectivity index is 1.41. The molecule has 1 aliphatic rings. The maximum absolute atomic E-state index is 6.10. The van der Waals surface area contributed by atoms with Crippen molar-refractivity contribution < 1.29 is 4.74 Å². The first-order valence-corrected chi connectivity index (χ1v) is 10.9. The smallest absolute Gasteiger partial charge is 0.214 e. The summed E-state index contributed by atoms with van der Waals surface area (Å²) in [5.41, 5.74) is 16.6. The summed E-state index contributed by atoms with van der Waals surface area (Å²) < 4.78 is 6.10. The molecule has 0 amide bonds. The van der Waals surface area contributed by atoms with Gasteiger partial charge in [0, 0.05) is 11.6 Å². The topological polar surface area (TPSA) is 70.2 Å². The second-order valence-corrected chi connectivity index (χ2v) is 8.58. The molecule has 1 aliphatic heterocycles. The highest BCUT2D eigenvalue weighted by atomic mass is 16.5. The van der Waals surface area contributed by atoms with Crippen LogP contribution < -0.4 is 26.7 Å².